The van der Waals surface area contributed by atoms with E-state index >= 15 is 0 Å². The topological polar surface area (TPSA) is 32.3 Å². The molecule has 0 spiro atoms. The van der Waals surface area contributed by atoms with Gasteiger partial charge in [0.25, 0.3) is 0 Å². The molecule has 0 aliphatic carbocycles. The van der Waals surface area contributed by atoms with E-state index in [0.29, 0.717) is 6.04 Å². The number of unbranched alkanes of at least 4 members (excludes halogenated alkanes) is 1. The molecule has 1 saturated heterocycles. The molecule has 1 unspecified atom stereocenters. The van der Waals surface area contributed by atoms with Gasteiger partial charge in [0, 0.05) is 18.3 Å². The second-order valence-corrected chi connectivity index (χ2v) is 5.92. The first-order chi connectivity index (χ1) is 9.61. The molecule has 1 fully saturated rings. The summed E-state index contributed by atoms with van der Waals surface area (Å²) in [4.78, 5) is 14.3. The van der Waals surface area contributed by atoms with E-state index < -0.39 is 0 Å². The lowest BCUT2D eigenvalue weighted by Crippen LogP contribution is -2.41. The van der Waals surface area contributed by atoms with E-state index in [1.807, 2.05) is 4.90 Å². The van der Waals surface area contributed by atoms with Crippen molar-refractivity contribution in [2.24, 2.45) is 0 Å². The van der Waals surface area contributed by atoms with Crippen LogP contribution >= 0.6 is 0 Å². The van der Waals surface area contributed by atoms with E-state index in [2.05, 4.69) is 50.4 Å². The lowest BCUT2D eigenvalue weighted by molar-refractivity contribution is -0.118. The van der Waals surface area contributed by atoms with Crippen LogP contribution in [0.1, 0.15) is 45.6 Å². The summed E-state index contributed by atoms with van der Waals surface area (Å²) in [6.07, 6.45) is 4.47. The summed E-state index contributed by atoms with van der Waals surface area (Å²) < 4.78 is 0. The molecular formula is C17H26N2O. The summed E-state index contributed by atoms with van der Waals surface area (Å²) in [5.74, 6) is 0.208. The number of nitrogens with zero attached hydrogens (tertiary/aromatic N) is 1. The van der Waals surface area contributed by atoms with Crippen molar-refractivity contribution in [2.75, 3.05) is 11.4 Å². The molecule has 1 aliphatic rings. The summed E-state index contributed by atoms with van der Waals surface area (Å²) in [5.41, 5.74) is 2.39. The Balaban J connectivity index is 2.00. The Morgan fingerprint density at radius 3 is 2.60 bits per heavy atom. The standard InChI is InChI=1S/C17H26N2O/c1-4-5-6-14-7-9-15(10-8-14)19-12-11-16(17(19)20)18-13(2)3/h7-10,13,16,18H,4-6,11-12H2,1-3H3. The van der Waals surface area contributed by atoms with E-state index in [9.17, 15) is 4.79 Å². The zero-order valence-corrected chi connectivity index (χ0v) is 12.9. The van der Waals surface area contributed by atoms with Crippen molar-refractivity contribution in [3.63, 3.8) is 0 Å². The quantitative estimate of drug-likeness (QED) is 0.864. The molecule has 1 aromatic carbocycles. The molecule has 110 valence electrons. The lowest BCUT2D eigenvalue weighted by Gasteiger charge is -2.18. The zero-order chi connectivity index (χ0) is 14.5. The molecule has 1 aromatic rings. The Kier molecular flexibility index (Phi) is 5.18. The van der Waals surface area contributed by atoms with Gasteiger partial charge in [-0.3, -0.25) is 4.79 Å². The average molecular weight is 274 g/mol. The van der Waals surface area contributed by atoms with Crippen molar-refractivity contribution in [1.29, 1.82) is 0 Å². The Morgan fingerprint density at radius 2 is 2.00 bits per heavy atom. The van der Waals surface area contributed by atoms with E-state index in [4.69, 9.17) is 0 Å². The number of benzene rings is 1. The molecule has 20 heavy (non-hydrogen) atoms. The molecular weight excluding hydrogens is 248 g/mol. The molecule has 1 atom stereocenters. The van der Waals surface area contributed by atoms with Crippen LogP contribution in [-0.2, 0) is 11.2 Å². The second kappa shape index (κ2) is 6.89. The second-order valence-electron chi connectivity index (χ2n) is 5.92. The molecule has 0 saturated carbocycles. The molecule has 2 rings (SSSR count). The van der Waals surface area contributed by atoms with Gasteiger partial charge in [0.05, 0.1) is 6.04 Å². The number of hydrogen-bond donors (Lipinski definition) is 1. The summed E-state index contributed by atoms with van der Waals surface area (Å²) in [5, 5.41) is 3.34. The minimum absolute atomic E-state index is 0.0187. The number of carbonyl (C=O) groups is 1. The number of nitrogens with one attached hydrogen (secondary N) is 1. The maximum absolute atomic E-state index is 12.4. The van der Waals surface area contributed by atoms with Gasteiger partial charge in [0.15, 0.2) is 0 Å². The fraction of sp³-hybridized carbons (Fsp3) is 0.588. The largest absolute Gasteiger partial charge is 0.311 e. The lowest BCUT2D eigenvalue weighted by atomic mass is 10.1. The molecule has 1 heterocycles. The molecule has 0 radical (unpaired) electrons. The number of rotatable bonds is 6. The summed E-state index contributed by atoms with van der Waals surface area (Å²) >= 11 is 0. The summed E-state index contributed by atoms with van der Waals surface area (Å²) in [6, 6.07) is 8.81. The third kappa shape index (κ3) is 3.60. The van der Waals surface area contributed by atoms with Crippen LogP contribution in [0.4, 0.5) is 5.69 Å². The summed E-state index contributed by atoms with van der Waals surface area (Å²) in [7, 11) is 0. The van der Waals surface area contributed by atoms with E-state index in [1.165, 1.54) is 18.4 Å². The SMILES string of the molecule is CCCCc1ccc(N2CCC(NC(C)C)C2=O)cc1. The molecule has 3 heteroatoms. The summed E-state index contributed by atoms with van der Waals surface area (Å²) in [6.45, 7) is 7.19. The normalized spacial score (nSPS) is 19.1. The van der Waals surface area contributed by atoms with Crippen LogP contribution in [0.5, 0.6) is 0 Å². The maximum Gasteiger partial charge on any atom is 0.244 e. The molecule has 3 nitrogen and oxygen atoms in total. The minimum Gasteiger partial charge on any atom is -0.311 e. The highest BCUT2D eigenvalue weighted by Crippen LogP contribution is 2.22. The van der Waals surface area contributed by atoms with Crippen molar-refractivity contribution in [1.82, 2.24) is 5.32 Å². The highest BCUT2D eigenvalue weighted by molar-refractivity contribution is 5.99. The third-order valence-electron chi connectivity index (χ3n) is 3.81. The monoisotopic (exact) mass is 274 g/mol. The van der Waals surface area contributed by atoms with Crippen LogP contribution in [0, 0.1) is 0 Å². The van der Waals surface area contributed by atoms with Crippen molar-refractivity contribution in [3.8, 4) is 0 Å². The number of amides is 1. The predicted molar refractivity (Wildman–Crippen MR) is 84.1 cm³/mol. The Hall–Kier alpha value is -1.35. The van der Waals surface area contributed by atoms with Gasteiger partial charge < -0.3 is 10.2 Å². The van der Waals surface area contributed by atoms with Gasteiger partial charge in [-0.05, 0) is 37.0 Å². The highest BCUT2D eigenvalue weighted by atomic mass is 16.2. The smallest absolute Gasteiger partial charge is 0.244 e. The fourth-order valence-corrected chi connectivity index (χ4v) is 2.72. The first-order valence-corrected chi connectivity index (χ1v) is 7.78. The first kappa shape index (κ1) is 15.0. The van der Waals surface area contributed by atoms with Crippen molar-refractivity contribution >= 4 is 11.6 Å². The Labute approximate surface area is 122 Å². The van der Waals surface area contributed by atoms with Crippen molar-refractivity contribution in [2.45, 2.75) is 58.5 Å². The number of hydrogen-bond acceptors (Lipinski definition) is 2. The average Bonchev–Trinajstić information content (AvgIpc) is 2.78. The van der Waals surface area contributed by atoms with Crippen molar-refractivity contribution < 1.29 is 4.79 Å². The predicted octanol–water partition coefficient (Wildman–Crippen LogP) is 3.13. The molecule has 1 N–H and O–H groups in total. The number of aryl methyl sites for hydroxylation is 1. The van der Waals surface area contributed by atoms with Crippen LogP contribution in [0.15, 0.2) is 24.3 Å². The Morgan fingerprint density at radius 1 is 1.30 bits per heavy atom. The molecule has 0 aromatic heterocycles. The van der Waals surface area contributed by atoms with E-state index in [-0.39, 0.29) is 11.9 Å². The molecule has 1 amide bonds. The van der Waals surface area contributed by atoms with Gasteiger partial charge in [-0.25, -0.2) is 0 Å². The van der Waals surface area contributed by atoms with Gasteiger partial charge in [-0.2, -0.15) is 0 Å². The van der Waals surface area contributed by atoms with Crippen LogP contribution in [0.3, 0.4) is 0 Å². The molecule has 1 aliphatic heterocycles. The van der Waals surface area contributed by atoms with Gasteiger partial charge in [0.1, 0.15) is 0 Å². The van der Waals surface area contributed by atoms with Gasteiger partial charge in [-0.15, -0.1) is 0 Å². The zero-order valence-electron chi connectivity index (χ0n) is 12.9. The number of anilines is 1. The van der Waals surface area contributed by atoms with Gasteiger partial charge >= 0.3 is 0 Å². The van der Waals surface area contributed by atoms with E-state index in [1.54, 1.807) is 0 Å². The Bertz CT molecular complexity index is 439. The van der Waals surface area contributed by atoms with Crippen LogP contribution in [0.25, 0.3) is 0 Å². The highest BCUT2D eigenvalue weighted by Gasteiger charge is 2.32. The molecule has 0 bridgehead atoms. The maximum atomic E-state index is 12.4. The third-order valence-corrected chi connectivity index (χ3v) is 3.81. The van der Waals surface area contributed by atoms with Crippen molar-refractivity contribution in [3.05, 3.63) is 29.8 Å². The van der Waals surface area contributed by atoms with Crippen LogP contribution < -0.4 is 10.2 Å². The number of carbonyl (C=O) groups excluding carboxylic acids is 1. The fourth-order valence-electron chi connectivity index (χ4n) is 2.72. The van der Waals surface area contributed by atoms with Crippen LogP contribution in [0.2, 0.25) is 0 Å². The minimum atomic E-state index is -0.0187. The van der Waals surface area contributed by atoms with Gasteiger partial charge in [-0.1, -0.05) is 39.3 Å². The van der Waals surface area contributed by atoms with Gasteiger partial charge in [0.2, 0.25) is 5.91 Å². The van der Waals surface area contributed by atoms with Crippen LogP contribution in [-0.4, -0.2) is 24.5 Å². The first-order valence-electron chi connectivity index (χ1n) is 7.78. The van der Waals surface area contributed by atoms with E-state index in [0.717, 1.165) is 25.1 Å².